The Morgan fingerprint density at radius 2 is 2.18 bits per heavy atom. The van der Waals surface area contributed by atoms with E-state index in [0.29, 0.717) is 12.0 Å². The van der Waals surface area contributed by atoms with Crippen molar-refractivity contribution in [1.82, 2.24) is 0 Å². The molecule has 4 atom stereocenters. The van der Waals surface area contributed by atoms with Gasteiger partial charge in [-0.3, -0.25) is 0 Å². The summed E-state index contributed by atoms with van der Waals surface area (Å²) in [6, 6.07) is 8.57. The van der Waals surface area contributed by atoms with Gasteiger partial charge in [0.05, 0.1) is 12.2 Å². The molecule has 2 bridgehead atoms. The van der Waals surface area contributed by atoms with Gasteiger partial charge in [-0.25, -0.2) is 0 Å². The zero-order valence-electron chi connectivity index (χ0n) is 10.1. The first-order chi connectivity index (χ1) is 8.28. The highest BCUT2D eigenvalue weighted by molar-refractivity contribution is 5.56. The van der Waals surface area contributed by atoms with Gasteiger partial charge in [-0.05, 0) is 31.7 Å². The lowest BCUT2D eigenvalue weighted by atomic mass is 9.77. The first-order valence-corrected chi connectivity index (χ1v) is 6.44. The van der Waals surface area contributed by atoms with Crippen molar-refractivity contribution in [1.29, 1.82) is 0 Å². The summed E-state index contributed by atoms with van der Waals surface area (Å²) in [5.74, 6) is 0.516. The summed E-state index contributed by atoms with van der Waals surface area (Å²) >= 11 is 0. The van der Waals surface area contributed by atoms with Crippen LogP contribution in [0.25, 0.3) is 0 Å². The molecule has 0 radical (unpaired) electrons. The van der Waals surface area contributed by atoms with Crippen LogP contribution in [-0.4, -0.2) is 18.5 Å². The molecular weight excluding hydrogens is 212 g/mol. The summed E-state index contributed by atoms with van der Waals surface area (Å²) in [6.45, 7) is 2.11. The minimum Gasteiger partial charge on any atom is -0.374 e. The van der Waals surface area contributed by atoms with Crippen LogP contribution in [0.1, 0.15) is 24.0 Å². The van der Waals surface area contributed by atoms with E-state index in [4.69, 9.17) is 4.74 Å². The van der Waals surface area contributed by atoms with E-state index in [1.54, 1.807) is 0 Å². The highest BCUT2D eigenvalue weighted by Gasteiger charge is 2.48. The van der Waals surface area contributed by atoms with Crippen molar-refractivity contribution < 1.29 is 9.53 Å². The van der Waals surface area contributed by atoms with Gasteiger partial charge in [-0.1, -0.05) is 29.8 Å². The number of carbonyl (C=O) groups is 1. The van der Waals surface area contributed by atoms with Gasteiger partial charge in [-0.2, -0.15) is 0 Å². The fourth-order valence-electron chi connectivity index (χ4n) is 3.38. The fraction of sp³-hybridized carbons (Fsp3) is 0.533. The molecule has 1 aromatic rings. The molecule has 17 heavy (non-hydrogen) atoms. The molecule has 0 spiro atoms. The van der Waals surface area contributed by atoms with Crippen LogP contribution in [0.3, 0.4) is 0 Å². The van der Waals surface area contributed by atoms with Crippen LogP contribution in [0.15, 0.2) is 24.3 Å². The third-order valence-electron chi connectivity index (χ3n) is 4.20. The SMILES string of the molecule is Cc1cccc(C[C@@H]2[C@@H]3CCC(O3)[C@@H]2C=O)c1. The van der Waals surface area contributed by atoms with Crippen LogP contribution >= 0.6 is 0 Å². The number of ether oxygens (including phenoxy) is 1. The van der Waals surface area contributed by atoms with Gasteiger partial charge in [0, 0.05) is 11.8 Å². The third kappa shape index (κ3) is 1.91. The lowest BCUT2D eigenvalue weighted by Crippen LogP contribution is -2.29. The van der Waals surface area contributed by atoms with Crippen molar-refractivity contribution >= 4 is 6.29 Å². The Balaban J connectivity index is 1.78. The Morgan fingerprint density at radius 3 is 2.94 bits per heavy atom. The summed E-state index contributed by atoms with van der Waals surface area (Å²) in [7, 11) is 0. The van der Waals surface area contributed by atoms with Crippen LogP contribution in [0.4, 0.5) is 0 Å². The number of hydrogen-bond acceptors (Lipinski definition) is 2. The number of hydrogen-bond donors (Lipinski definition) is 0. The molecule has 2 saturated heterocycles. The molecule has 2 heterocycles. The molecule has 2 heteroatoms. The van der Waals surface area contributed by atoms with E-state index >= 15 is 0 Å². The molecule has 0 aromatic heterocycles. The van der Waals surface area contributed by atoms with Crippen molar-refractivity contribution in [2.75, 3.05) is 0 Å². The Bertz CT molecular complexity index is 427. The number of rotatable bonds is 3. The van der Waals surface area contributed by atoms with Gasteiger partial charge in [0.1, 0.15) is 6.29 Å². The number of fused-ring (bicyclic) bond motifs is 2. The van der Waals surface area contributed by atoms with Crippen LogP contribution in [0, 0.1) is 18.8 Å². The van der Waals surface area contributed by atoms with Crippen LogP contribution in [-0.2, 0) is 16.0 Å². The normalized spacial score (nSPS) is 35.1. The van der Waals surface area contributed by atoms with Crippen LogP contribution in [0.5, 0.6) is 0 Å². The second-order valence-corrected chi connectivity index (χ2v) is 5.36. The number of benzene rings is 1. The summed E-state index contributed by atoms with van der Waals surface area (Å²) < 4.78 is 5.86. The second-order valence-electron chi connectivity index (χ2n) is 5.36. The second kappa shape index (κ2) is 4.26. The van der Waals surface area contributed by atoms with E-state index in [0.717, 1.165) is 25.5 Å². The van der Waals surface area contributed by atoms with E-state index in [1.807, 2.05) is 0 Å². The predicted molar refractivity (Wildman–Crippen MR) is 65.8 cm³/mol. The van der Waals surface area contributed by atoms with E-state index in [2.05, 4.69) is 31.2 Å². The molecule has 3 rings (SSSR count). The van der Waals surface area contributed by atoms with Gasteiger partial charge >= 0.3 is 0 Å². The van der Waals surface area contributed by atoms with E-state index in [-0.39, 0.29) is 12.0 Å². The monoisotopic (exact) mass is 230 g/mol. The Morgan fingerprint density at radius 1 is 1.35 bits per heavy atom. The van der Waals surface area contributed by atoms with Gasteiger partial charge < -0.3 is 9.53 Å². The Kier molecular flexibility index (Phi) is 2.75. The molecule has 2 fully saturated rings. The molecule has 2 nitrogen and oxygen atoms in total. The average Bonchev–Trinajstić information content (AvgIpc) is 2.89. The van der Waals surface area contributed by atoms with Crippen molar-refractivity contribution in [2.24, 2.45) is 11.8 Å². The fourth-order valence-corrected chi connectivity index (χ4v) is 3.38. The number of aldehydes is 1. The van der Waals surface area contributed by atoms with Gasteiger partial charge in [-0.15, -0.1) is 0 Å². The molecule has 0 amide bonds. The average molecular weight is 230 g/mol. The number of aryl methyl sites for hydroxylation is 1. The molecule has 0 aliphatic carbocycles. The standard InChI is InChI=1S/C15H18O2/c1-10-3-2-4-11(7-10)8-12-13(9-16)15-6-5-14(12)17-15/h2-4,7,9,12-15H,5-6,8H2,1H3/t12-,13+,14-,15?/m0/s1. The molecule has 0 saturated carbocycles. The maximum Gasteiger partial charge on any atom is 0.126 e. The van der Waals surface area contributed by atoms with Gasteiger partial charge in [0.15, 0.2) is 0 Å². The Labute approximate surface area is 102 Å². The minimum absolute atomic E-state index is 0.120. The maximum absolute atomic E-state index is 11.2. The molecule has 90 valence electrons. The molecule has 1 unspecified atom stereocenters. The van der Waals surface area contributed by atoms with E-state index in [1.165, 1.54) is 11.1 Å². The highest BCUT2D eigenvalue weighted by Crippen LogP contribution is 2.43. The lowest BCUT2D eigenvalue weighted by Gasteiger charge is -2.23. The quantitative estimate of drug-likeness (QED) is 0.746. The molecular formula is C15H18O2. The molecule has 1 aromatic carbocycles. The summed E-state index contributed by atoms with van der Waals surface area (Å²) in [5.41, 5.74) is 2.62. The first-order valence-electron chi connectivity index (χ1n) is 6.44. The largest absolute Gasteiger partial charge is 0.374 e. The van der Waals surface area contributed by atoms with Gasteiger partial charge in [0.25, 0.3) is 0 Å². The van der Waals surface area contributed by atoms with E-state index in [9.17, 15) is 4.79 Å². The number of carbonyl (C=O) groups excluding carboxylic acids is 1. The maximum atomic E-state index is 11.2. The third-order valence-corrected chi connectivity index (χ3v) is 4.20. The summed E-state index contributed by atoms with van der Waals surface area (Å²) in [4.78, 5) is 11.2. The van der Waals surface area contributed by atoms with Crippen molar-refractivity contribution in [3.05, 3.63) is 35.4 Å². The van der Waals surface area contributed by atoms with Crippen LogP contribution < -0.4 is 0 Å². The first kappa shape index (κ1) is 11.0. The molecule has 2 aliphatic heterocycles. The molecule has 0 N–H and O–H groups in total. The van der Waals surface area contributed by atoms with Crippen molar-refractivity contribution in [3.8, 4) is 0 Å². The zero-order valence-corrected chi connectivity index (χ0v) is 10.1. The summed E-state index contributed by atoms with van der Waals surface area (Å²) in [6.07, 6.45) is 4.81. The topological polar surface area (TPSA) is 26.3 Å². The van der Waals surface area contributed by atoms with Gasteiger partial charge in [0.2, 0.25) is 0 Å². The predicted octanol–water partition coefficient (Wildman–Crippen LogP) is 2.53. The van der Waals surface area contributed by atoms with E-state index < -0.39 is 0 Å². The van der Waals surface area contributed by atoms with Crippen molar-refractivity contribution in [3.63, 3.8) is 0 Å². The Hall–Kier alpha value is -1.15. The lowest BCUT2D eigenvalue weighted by molar-refractivity contribution is -0.113. The van der Waals surface area contributed by atoms with Crippen LogP contribution in [0.2, 0.25) is 0 Å². The minimum atomic E-state index is 0.120. The smallest absolute Gasteiger partial charge is 0.126 e. The highest BCUT2D eigenvalue weighted by atomic mass is 16.5. The molecule has 2 aliphatic rings. The zero-order chi connectivity index (χ0) is 11.8. The summed E-state index contributed by atoms with van der Waals surface area (Å²) in [5, 5.41) is 0. The van der Waals surface area contributed by atoms with Crippen molar-refractivity contribution in [2.45, 2.75) is 38.4 Å².